The summed E-state index contributed by atoms with van der Waals surface area (Å²) in [5, 5.41) is 8.89. The van der Waals surface area contributed by atoms with Crippen LogP contribution in [-0.2, 0) is 0 Å². The van der Waals surface area contributed by atoms with Crippen LogP contribution < -0.4 is 0 Å². The average Bonchev–Trinajstić information content (AvgIpc) is 2.80. The predicted octanol–water partition coefficient (Wildman–Crippen LogP) is 4.44. The summed E-state index contributed by atoms with van der Waals surface area (Å²) in [5.74, 6) is -4.64. The van der Waals surface area contributed by atoms with Gasteiger partial charge in [-0.05, 0) is 32.1 Å². The second kappa shape index (κ2) is 7.09. The van der Waals surface area contributed by atoms with E-state index in [1.54, 1.807) is 12.2 Å². The fraction of sp³-hybridized carbons (Fsp3) is 0.769. The molecule has 1 aliphatic rings. The van der Waals surface area contributed by atoms with Crippen molar-refractivity contribution in [3.8, 4) is 0 Å². The third-order valence-corrected chi connectivity index (χ3v) is 3.43. The number of rotatable bonds is 6. The molecule has 0 aromatic rings. The number of carboxylic acid groups (broad SMARTS) is 1. The SMILES string of the molecule is O=C(O)N1CCCC1C=CCCCCC(F)(F)C(F)(F)F. The Hall–Kier alpha value is -1.34. The Kier molecular flexibility index (Phi) is 5.98. The highest BCUT2D eigenvalue weighted by molar-refractivity contribution is 5.66. The smallest absolute Gasteiger partial charge is 0.453 e. The molecule has 122 valence electrons. The summed E-state index contributed by atoms with van der Waals surface area (Å²) in [6.07, 6.45) is -2.57. The summed E-state index contributed by atoms with van der Waals surface area (Å²) < 4.78 is 60.9. The van der Waals surface area contributed by atoms with Gasteiger partial charge in [-0.1, -0.05) is 12.2 Å². The van der Waals surface area contributed by atoms with E-state index in [-0.39, 0.29) is 18.9 Å². The summed E-state index contributed by atoms with van der Waals surface area (Å²) in [6.45, 7) is 0.460. The minimum Gasteiger partial charge on any atom is -0.465 e. The first kappa shape index (κ1) is 17.7. The first-order valence-corrected chi connectivity index (χ1v) is 6.76. The molecule has 1 saturated heterocycles. The topological polar surface area (TPSA) is 40.5 Å². The van der Waals surface area contributed by atoms with E-state index in [0.29, 0.717) is 19.4 Å². The van der Waals surface area contributed by atoms with Gasteiger partial charge in [0.2, 0.25) is 0 Å². The molecule has 1 atom stereocenters. The maximum absolute atomic E-state index is 12.6. The maximum Gasteiger partial charge on any atom is 0.453 e. The average molecular weight is 315 g/mol. The molecule has 3 nitrogen and oxygen atoms in total. The van der Waals surface area contributed by atoms with Crippen molar-refractivity contribution in [1.82, 2.24) is 4.90 Å². The fourth-order valence-corrected chi connectivity index (χ4v) is 2.23. The van der Waals surface area contributed by atoms with Crippen LogP contribution in [0.5, 0.6) is 0 Å². The van der Waals surface area contributed by atoms with Crippen LogP contribution in [0.2, 0.25) is 0 Å². The summed E-state index contributed by atoms with van der Waals surface area (Å²) in [6, 6.07) is -0.223. The monoisotopic (exact) mass is 315 g/mol. The van der Waals surface area contributed by atoms with E-state index in [1.807, 2.05) is 0 Å². The maximum atomic E-state index is 12.6. The number of nitrogens with zero attached hydrogens (tertiary/aromatic N) is 1. The molecule has 0 spiro atoms. The number of hydrogen-bond acceptors (Lipinski definition) is 1. The van der Waals surface area contributed by atoms with Crippen molar-refractivity contribution in [2.24, 2.45) is 0 Å². The summed E-state index contributed by atoms with van der Waals surface area (Å²) >= 11 is 0. The Labute approximate surface area is 119 Å². The zero-order chi connectivity index (χ0) is 16.1. The zero-order valence-electron chi connectivity index (χ0n) is 11.4. The summed E-state index contributed by atoms with van der Waals surface area (Å²) in [7, 11) is 0. The van der Waals surface area contributed by atoms with E-state index in [1.165, 1.54) is 4.90 Å². The number of likely N-dealkylation sites (tertiary alicyclic amines) is 1. The highest BCUT2D eigenvalue weighted by Crippen LogP contribution is 2.39. The molecule has 1 aliphatic heterocycles. The Bertz CT molecular complexity index is 381. The number of amides is 1. The van der Waals surface area contributed by atoms with Crippen LogP contribution in [-0.4, -0.2) is 40.8 Å². The van der Waals surface area contributed by atoms with Crippen LogP contribution in [0.25, 0.3) is 0 Å². The number of unbranched alkanes of at least 4 members (excludes halogenated alkanes) is 2. The van der Waals surface area contributed by atoms with Gasteiger partial charge in [-0.15, -0.1) is 0 Å². The van der Waals surface area contributed by atoms with E-state index in [4.69, 9.17) is 5.11 Å². The predicted molar refractivity (Wildman–Crippen MR) is 66.4 cm³/mol. The molecule has 1 N–H and O–H groups in total. The van der Waals surface area contributed by atoms with E-state index < -0.39 is 24.6 Å². The first-order chi connectivity index (χ1) is 9.65. The lowest BCUT2D eigenvalue weighted by molar-refractivity contribution is -0.284. The van der Waals surface area contributed by atoms with Crippen LogP contribution in [0.3, 0.4) is 0 Å². The molecule has 1 heterocycles. The van der Waals surface area contributed by atoms with E-state index >= 15 is 0 Å². The number of hydrogen-bond donors (Lipinski definition) is 1. The largest absolute Gasteiger partial charge is 0.465 e. The van der Waals surface area contributed by atoms with Crippen molar-refractivity contribution in [1.29, 1.82) is 0 Å². The molecule has 0 saturated carbocycles. The van der Waals surface area contributed by atoms with E-state index in [2.05, 4.69) is 0 Å². The summed E-state index contributed by atoms with van der Waals surface area (Å²) in [4.78, 5) is 12.1. The van der Waals surface area contributed by atoms with Gasteiger partial charge in [-0.25, -0.2) is 4.79 Å². The highest BCUT2D eigenvalue weighted by Gasteiger charge is 2.56. The fourth-order valence-electron chi connectivity index (χ4n) is 2.23. The van der Waals surface area contributed by atoms with Crippen LogP contribution in [0.15, 0.2) is 12.2 Å². The third-order valence-electron chi connectivity index (χ3n) is 3.43. The minimum absolute atomic E-state index is 0.210. The van der Waals surface area contributed by atoms with Crippen LogP contribution in [0.1, 0.15) is 38.5 Å². The Balaban J connectivity index is 2.25. The molecule has 0 aromatic carbocycles. The zero-order valence-corrected chi connectivity index (χ0v) is 11.4. The van der Waals surface area contributed by atoms with Gasteiger partial charge < -0.3 is 10.0 Å². The molecule has 0 aliphatic carbocycles. The van der Waals surface area contributed by atoms with Crippen molar-refractivity contribution in [3.63, 3.8) is 0 Å². The molecule has 0 radical (unpaired) electrons. The van der Waals surface area contributed by atoms with Crippen molar-refractivity contribution < 1.29 is 31.9 Å². The molecule has 1 amide bonds. The van der Waals surface area contributed by atoms with Gasteiger partial charge in [0.15, 0.2) is 0 Å². The van der Waals surface area contributed by atoms with Crippen LogP contribution >= 0.6 is 0 Å². The van der Waals surface area contributed by atoms with Gasteiger partial charge in [-0.2, -0.15) is 22.0 Å². The summed E-state index contributed by atoms with van der Waals surface area (Å²) in [5.41, 5.74) is 0. The molecule has 21 heavy (non-hydrogen) atoms. The van der Waals surface area contributed by atoms with Gasteiger partial charge in [0.25, 0.3) is 0 Å². The number of carbonyl (C=O) groups is 1. The molecular weight excluding hydrogens is 297 g/mol. The van der Waals surface area contributed by atoms with Gasteiger partial charge >= 0.3 is 18.2 Å². The Morgan fingerprint density at radius 3 is 2.48 bits per heavy atom. The van der Waals surface area contributed by atoms with Crippen LogP contribution in [0, 0.1) is 0 Å². The molecule has 8 heteroatoms. The standard InChI is InChI=1S/C13H18F5NO2/c14-12(15,13(16,17)18)8-4-2-1-3-6-10-7-5-9-19(10)11(20)21/h3,6,10H,1-2,4-5,7-9H2,(H,20,21). The van der Waals surface area contributed by atoms with Gasteiger partial charge in [0.05, 0.1) is 6.04 Å². The molecular formula is C13H18F5NO2. The van der Waals surface area contributed by atoms with Crippen molar-refractivity contribution >= 4 is 6.09 Å². The second-order valence-electron chi connectivity index (χ2n) is 5.06. The van der Waals surface area contributed by atoms with Crippen molar-refractivity contribution in [3.05, 3.63) is 12.2 Å². The lowest BCUT2D eigenvalue weighted by Crippen LogP contribution is -2.36. The molecule has 1 unspecified atom stereocenters. The molecule has 1 fully saturated rings. The van der Waals surface area contributed by atoms with Crippen LogP contribution in [0.4, 0.5) is 26.7 Å². The third kappa shape index (κ3) is 5.17. The lowest BCUT2D eigenvalue weighted by Gasteiger charge is -2.19. The second-order valence-corrected chi connectivity index (χ2v) is 5.06. The number of alkyl halides is 5. The normalized spacial score (nSPS) is 20.4. The molecule has 0 aromatic heterocycles. The number of allylic oxidation sites excluding steroid dienone is 1. The first-order valence-electron chi connectivity index (χ1n) is 6.76. The molecule has 0 bridgehead atoms. The highest BCUT2D eigenvalue weighted by atomic mass is 19.4. The van der Waals surface area contributed by atoms with Gasteiger partial charge in [0, 0.05) is 13.0 Å². The van der Waals surface area contributed by atoms with E-state index in [9.17, 15) is 26.7 Å². The van der Waals surface area contributed by atoms with E-state index in [0.717, 1.165) is 6.42 Å². The Morgan fingerprint density at radius 1 is 1.24 bits per heavy atom. The number of halogens is 5. The Morgan fingerprint density at radius 2 is 1.90 bits per heavy atom. The lowest BCUT2D eigenvalue weighted by atomic mass is 10.1. The minimum atomic E-state index is -5.49. The van der Waals surface area contributed by atoms with Crippen molar-refractivity contribution in [2.45, 2.75) is 56.7 Å². The molecule has 1 rings (SSSR count). The van der Waals surface area contributed by atoms with Gasteiger partial charge in [-0.3, -0.25) is 0 Å². The van der Waals surface area contributed by atoms with Gasteiger partial charge in [0.1, 0.15) is 0 Å². The van der Waals surface area contributed by atoms with Crippen molar-refractivity contribution in [2.75, 3.05) is 6.54 Å². The quantitative estimate of drug-likeness (QED) is 0.447.